The van der Waals surface area contributed by atoms with E-state index in [2.05, 4.69) is 10.3 Å². The first-order valence-electron chi connectivity index (χ1n) is 7.52. The number of fused-ring (bicyclic) bond motifs is 2. The standard InChI is InChI=1S/C18H12FN3O2S/c1-10-5-4-8-22-15(10)21-17-11(18(22)24)9-14(25-17)16(23)20-13-7-3-2-6-12(13)19/h2-9H,1H3,(H,20,23). The van der Waals surface area contributed by atoms with Crippen molar-refractivity contribution in [2.45, 2.75) is 6.92 Å². The van der Waals surface area contributed by atoms with Crippen LogP contribution in [0.25, 0.3) is 15.9 Å². The van der Waals surface area contributed by atoms with Gasteiger partial charge in [-0.15, -0.1) is 11.3 Å². The number of halogens is 1. The number of aromatic nitrogens is 2. The number of hydrogen-bond acceptors (Lipinski definition) is 4. The van der Waals surface area contributed by atoms with E-state index in [1.54, 1.807) is 24.4 Å². The van der Waals surface area contributed by atoms with E-state index in [0.29, 0.717) is 20.7 Å². The third-order valence-corrected chi connectivity index (χ3v) is 4.90. The van der Waals surface area contributed by atoms with Gasteiger partial charge in [0, 0.05) is 6.20 Å². The van der Waals surface area contributed by atoms with E-state index in [1.807, 2.05) is 13.0 Å². The van der Waals surface area contributed by atoms with Crippen molar-refractivity contribution in [1.82, 2.24) is 9.38 Å². The van der Waals surface area contributed by atoms with Crippen molar-refractivity contribution in [3.63, 3.8) is 0 Å². The molecule has 0 radical (unpaired) electrons. The molecule has 25 heavy (non-hydrogen) atoms. The van der Waals surface area contributed by atoms with E-state index in [9.17, 15) is 14.0 Å². The van der Waals surface area contributed by atoms with Crippen LogP contribution in [0.2, 0.25) is 0 Å². The lowest BCUT2D eigenvalue weighted by Gasteiger charge is -2.03. The number of rotatable bonds is 2. The number of amides is 1. The van der Waals surface area contributed by atoms with Crippen LogP contribution in [0.15, 0.2) is 53.5 Å². The molecule has 0 aliphatic carbocycles. The average Bonchev–Trinajstić information content (AvgIpc) is 3.03. The second-order valence-electron chi connectivity index (χ2n) is 5.57. The minimum atomic E-state index is -0.517. The molecule has 0 saturated carbocycles. The van der Waals surface area contributed by atoms with Gasteiger partial charge >= 0.3 is 0 Å². The minimum absolute atomic E-state index is 0.0932. The van der Waals surface area contributed by atoms with Gasteiger partial charge in [0.05, 0.1) is 16.0 Å². The SMILES string of the molecule is Cc1cccn2c(=O)c3cc(C(=O)Nc4ccccc4F)sc3nc12. The second-order valence-corrected chi connectivity index (χ2v) is 6.60. The van der Waals surface area contributed by atoms with Gasteiger partial charge in [-0.2, -0.15) is 0 Å². The zero-order chi connectivity index (χ0) is 17.6. The monoisotopic (exact) mass is 353 g/mol. The third kappa shape index (κ3) is 2.58. The number of aryl methyl sites for hydroxylation is 1. The molecule has 0 aliphatic heterocycles. The summed E-state index contributed by atoms with van der Waals surface area (Å²) < 4.78 is 15.2. The van der Waals surface area contributed by atoms with Crippen molar-refractivity contribution in [1.29, 1.82) is 0 Å². The van der Waals surface area contributed by atoms with Gasteiger partial charge in [0.25, 0.3) is 11.5 Å². The molecule has 4 rings (SSSR count). The average molecular weight is 353 g/mol. The van der Waals surface area contributed by atoms with Crippen molar-refractivity contribution in [2.75, 3.05) is 5.32 Å². The molecule has 0 atom stereocenters. The maximum Gasteiger partial charge on any atom is 0.266 e. The van der Waals surface area contributed by atoms with Crippen LogP contribution in [0.3, 0.4) is 0 Å². The Kier molecular flexibility index (Phi) is 3.58. The Labute approximate surface area is 145 Å². The van der Waals surface area contributed by atoms with Crippen LogP contribution in [0.4, 0.5) is 10.1 Å². The maximum absolute atomic E-state index is 13.7. The van der Waals surface area contributed by atoms with Gasteiger partial charge in [0.1, 0.15) is 16.3 Å². The number of hydrogen-bond donors (Lipinski definition) is 1. The predicted octanol–water partition coefficient (Wildman–Crippen LogP) is 3.61. The Bertz CT molecular complexity index is 1200. The molecule has 1 amide bonds. The number of benzene rings is 1. The van der Waals surface area contributed by atoms with Gasteiger partial charge in [-0.05, 0) is 36.8 Å². The molecule has 0 unspecified atom stereocenters. The first-order valence-corrected chi connectivity index (χ1v) is 8.33. The molecule has 0 bridgehead atoms. The maximum atomic E-state index is 13.7. The lowest BCUT2D eigenvalue weighted by molar-refractivity contribution is 0.103. The number of anilines is 1. The Morgan fingerprint density at radius 1 is 1.24 bits per heavy atom. The van der Waals surface area contributed by atoms with Crippen LogP contribution in [0.5, 0.6) is 0 Å². The summed E-state index contributed by atoms with van der Waals surface area (Å²) in [6, 6.07) is 11.1. The molecule has 124 valence electrons. The molecule has 7 heteroatoms. The number of carbonyl (C=O) groups excluding carboxylic acids is 1. The summed E-state index contributed by atoms with van der Waals surface area (Å²) in [5, 5.41) is 2.89. The van der Waals surface area contributed by atoms with E-state index in [0.717, 1.165) is 16.9 Å². The number of carbonyl (C=O) groups is 1. The highest BCUT2D eigenvalue weighted by Gasteiger charge is 2.16. The summed E-state index contributed by atoms with van der Waals surface area (Å²) in [6.07, 6.45) is 1.65. The van der Waals surface area contributed by atoms with Gasteiger partial charge in [0.15, 0.2) is 0 Å². The summed E-state index contributed by atoms with van der Waals surface area (Å²) in [5.41, 5.74) is 1.29. The van der Waals surface area contributed by atoms with E-state index >= 15 is 0 Å². The highest BCUT2D eigenvalue weighted by molar-refractivity contribution is 7.20. The Hall–Kier alpha value is -3.06. The molecule has 3 heterocycles. The summed E-state index contributed by atoms with van der Waals surface area (Å²) in [5.74, 6) is -0.991. The number of nitrogens with one attached hydrogen (secondary N) is 1. The van der Waals surface area contributed by atoms with Crippen molar-refractivity contribution in [3.8, 4) is 0 Å². The lowest BCUT2D eigenvalue weighted by atomic mass is 10.2. The highest BCUT2D eigenvalue weighted by atomic mass is 32.1. The number of nitrogens with zero attached hydrogens (tertiary/aromatic N) is 2. The molecule has 1 N–H and O–H groups in total. The zero-order valence-electron chi connectivity index (χ0n) is 13.1. The number of pyridine rings is 1. The van der Waals surface area contributed by atoms with Crippen molar-refractivity contribution in [3.05, 3.63) is 75.3 Å². The highest BCUT2D eigenvalue weighted by Crippen LogP contribution is 2.24. The first kappa shape index (κ1) is 15.5. The molecule has 1 aromatic carbocycles. The summed E-state index contributed by atoms with van der Waals surface area (Å²) >= 11 is 1.11. The smallest absolute Gasteiger partial charge is 0.266 e. The zero-order valence-corrected chi connectivity index (χ0v) is 13.9. The largest absolute Gasteiger partial charge is 0.319 e. The van der Waals surface area contributed by atoms with E-state index in [1.165, 1.54) is 22.6 Å². The van der Waals surface area contributed by atoms with E-state index < -0.39 is 11.7 Å². The lowest BCUT2D eigenvalue weighted by Crippen LogP contribution is -2.14. The molecule has 3 aromatic heterocycles. The Balaban J connectivity index is 1.81. The quantitative estimate of drug-likeness (QED) is 0.599. The molecule has 4 aromatic rings. The molecule has 0 aliphatic rings. The molecular formula is C18H12FN3O2S. The topological polar surface area (TPSA) is 63.5 Å². The third-order valence-electron chi connectivity index (χ3n) is 3.88. The van der Waals surface area contributed by atoms with Gasteiger partial charge in [-0.25, -0.2) is 9.37 Å². The van der Waals surface area contributed by atoms with Crippen molar-refractivity contribution in [2.24, 2.45) is 0 Å². The van der Waals surface area contributed by atoms with Crippen molar-refractivity contribution >= 4 is 38.8 Å². The molecular weight excluding hydrogens is 341 g/mol. The van der Waals surface area contributed by atoms with E-state index in [4.69, 9.17) is 0 Å². The number of thiophene rings is 1. The van der Waals surface area contributed by atoms with Gasteiger partial charge in [0.2, 0.25) is 0 Å². The summed E-state index contributed by atoms with van der Waals surface area (Å²) in [7, 11) is 0. The minimum Gasteiger partial charge on any atom is -0.319 e. The summed E-state index contributed by atoms with van der Waals surface area (Å²) in [4.78, 5) is 30.3. The molecule has 5 nitrogen and oxygen atoms in total. The second kappa shape index (κ2) is 5.78. The fourth-order valence-corrected chi connectivity index (χ4v) is 3.53. The van der Waals surface area contributed by atoms with E-state index in [-0.39, 0.29) is 11.2 Å². The van der Waals surface area contributed by atoms with Crippen LogP contribution in [-0.4, -0.2) is 15.3 Å². The summed E-state index contributed by atoms with van der Waals surface area (Å²) in [6.45, 7) is 1.87. The van der Waals surface area contributed by atoms with Crippen LogP contribution in [0.1, 0.15) is 15.2 Å². The first-order chi connectivity index (χ1) is 12.0. The van der Waals surface area contributed by atoms with Crippen LogP contribution in [0, 0.1) is 12.7 Å². The Morgan fingerprint density at radius 3 is 2.84 bits per heavy atom. The van der Waals surface area contributed by atoms with Gasteiger partial charge < -0.3 is 5.32 Å². The van der Waals surface area contributed by atoms with Gasteiger partial charge in [-0.3, -0.25) is 14.0 Å². The fourth-order valence-electron chi connectivity index (χ4n) is 2.62. The van der Waals surface area contributed by atoms with Crippen molar-refractivity contribution < 1.29 is 9.18 Å². The number of para-hydroxylation sites is 1. The molecule has 0 spiro atoms. The molecule has 0 saturated heterocycles. The Morgan fingerprint density at radius 2 is 2.04 bits per heavy atom. The van der Waals surface area contributed by atoms with Crippen LogP contribution in [-0.2, 0) is 0 Å². The molecule has 0 fully saturated rings. The van der Waals surface area contributed by atoms with Crippen LogP contribution >= 0.6 is 11.3 Å². The predicted molar refractivity (Wildman–Crippen MR) is 95.9 cm³/mol. The fraction of sp³-hybridized carbons (Fsp3) is 0.0556. The van der Waals surface area contributed by atoms with Gasteiger partial charge in [-0.1, -0.05) is 18.2 Å². The van der Waals surface area contributed by atoms with Crippen LogP contribution < -0.4 is 10.9 Å². The normalized spacial score (nSPS) is 11.1.